The van der Waals surface area contributed by atoms with E-state index in [9.17, 15) is 4.79 Å². The lowest BCUT2D eigenvalue weighted by Gasteiger charge is -2.27. The summed E-state index contributed by atoms with van der Waals surface area (Å²) >= 11 is 0. The highest BCUT2D eigenvalue weighted by Crippen LogP contribution is 2.30. The van der Waals surface area contributed by atoms with Gasteiger partial charge in [-0.2, -0.15) is 0 Å². The largest absolute Gasteiger partial charge is 0.465 e. The second-order valence-corrected chi connectivity index (χ2v) is 4.96. The molecule has 0 radical (unpaired) electrons. The van der Waals surface area contributed by atoms with Crippen LogP contribution in [0.2, 0.25) is 0 Å². The predicted molar refractivity (Wildman–Crippen MR) is 64.2 cm³/mol. The van der Waals surface area contributed by atoms with Gasteiger partial charge in [-0.3, -0.25) is 0 Å². The summed E-state index contributed by atoms with van der Waals surface area (Å²) in [6, 6.07) is 7.20. The van der Waals surface area contributed by atoms with Crippen LogP contribution >= 0.6 is 0 Å². The zero-order valence-electron chi connectivity index (χ0n) is 10.3. The first-order chi connectivity index (χ1) is 7.36. The van der Waals surface area contributed by atoms with Crippen LogP contribution in [-0.2, 0) is 4.74 Å². The van der Waals surface area contributed by atoms with Crippen LogP contribution in [0.1, 0.15) is 42.7 Å². The molecule has 0 saturated carbocycles. The van der Waals surface area contributed by atoms with E-state index in [0.717, 1.165) is 5.56 Å². The van der Waals surface area contributed by atoms with E-state index >= 15 is 0 Å². The Morgan fingerprint density at radius 3 is 2.12 bits per heavy atom. The average molecular weight is 221 g/mol. The normalized spacial score (nSPS) is 13.3. The molecule has 0 amide bonds. The highest BCUT2D eigenvalue weighted by atomic mass is 16.5. The molecule has 0 aliphatic carbocycles. The predicted octanol–water partition coefficient (Wildman–Crippen LogP) is 2.52. The minimum Gasteiger partial charge on any atom is -0.465 e. The lowest BCUT2D eigenvalue weighted by Crippen LogP contribution is -2.26. The molecule has 0 heterocycles. The van der Waals surface area contributed by atoms with Crippen molar-refractivity contribution in [2.75, 3.05) is 7.11 Å². The maximum Gasteiger partial charge on any atom is 0.337 e. The summed E-state index contributed by atoms with van der Waals surface area (Å²) in [4.78, 5) is 11.2. The number of esters is 1. The van der Waals surface area contributed by atoms with Crippen LogP contribution in [0.25, 0.3) is 0 Å². The van der Waals surface area contributed by atoms with E-state index in [1.165, 1.54) is 7.11 Å². The summed E-state index contributed by atoms with van der Waals surface area (Å²) < 4.78 is 4.63. The number of carbonyl (C=O) groups excluding carboxylic acids is 1. The van der Waals surface area contributed by atoms with Gasteiger partial charge in [0.25, 0.3) is 0 Å². The standard InChI is InChI=1S/C13H19NO2/c1-13(2,3)11(14)9-5-7-10(8-6-9)12(15)16-4/h5-8,11H,14H2,1-4H3/t11-/m1/s1. The van der Waals surface area contributed by atoms with Gasteiger partial charge >= 0.3 is 5.97 Å². The molecule has 16 heavy (non-hydrogen) atoms. The molecule has 1 atom stereocenters. The summed E-state index contributed by atoms with van der Waals surface area (Å²) in [6.07, 6.45) is 0. The van der Waals surface area contributed by atoms with Crippen molar-refractivity contribution < 1.29 is 9.53 Å². The fraction of sp³-hybridized carbons (Fsp3) is 0.462. The Morgan fingerprint density at radius 2 is 1.75 bits per heavy atom. The second kappa shape index (κ2) is 4.66. The van der Waals surface area contributed by atoms with E-state index in [2.05, 4.69) is 25.5 Å². The number of ether oxygens (including phenoxy) is 1. The molecule has 0 saturated heterocycles. The SMILES string of the molecule is COC(=O)c1ccc([C@@H](N)C(C)(C)C)cc1. The van der Waals surface area contributed by atoms with Crippen LogP contribution in [0.4, 0.5) is 0 Å². The highest BCUT2D eigenvalue weighted by molar-refractivity contribution is 5.89. The minimum absolute atomic E-state index is 0.00673. The van der Waals surface area contributed by atoms with E-state index in [-0.39, 0.29) is 17.4 Å². The van der Waals surface area contributed by atoms with Gasteiger partial charge in [-0.15, -0.1) is 0 Å². The van der Waals surface area contributed by atoms with Crippen molar-refractivity contribution in [3.63, 3.8) is 0 Å². The summed E-state index contributed by atoms with van der Waals surface area (Å²) in [7, 11) is 1.37. The summed E-state index contributed by atoms with van der Waals surface area (Å²) in [6.45, 7) is 6.27. The fourth-order valence-electron chi connectivity index (χ4n) is 1.44. The van der Waals surface area contributed by atoms with Gasteiger partial charge < -0.3 is 10.5 Å². The van der Waals surface area contributed by atoms with E-state index in [4.69, 9.17) is 5.73 Å². The van der Waals surface area contributed by atoms with Gasteiger partial charge in [-0.1, -0.05) is 32.9 Å². The number of benzene rings is 1. The lowest BCUT2D eigenvalue weighted by atomic mass is 9.83. The Balaban J connectivity index is 2.91. The third-order valence-corrected chi connectivity index (χ3v) is 2.62. The Hall–Kier alpha value is -1.35. The molecule has 0 aromatic heterocycles. The van der Waals surface area contributed by atoms with Gasteiger partial charge in [0.2, 0.25) is 0 Å². The van der Waals surface area contributed by atoms with Crippen molar-refractivity contribution in [3.05, 3.63) is 35.4 Å². The molecule has 0 aliphatic rings. The van der Waals surface area contributed by atoms with Crippen molar-refractivity contribution in [3.8, 4) is 0 Å². The molecule has 0 fully saturated rings. The molecule has 3 nitrogen and oxygen atoms in total. The summed E-state index contributed by atoms with van der Waals surface area (Å²) in [5.41, 5.74) is 7.70. The zero-order chi connectivity index (χ0) is 12.3. The number of methoxy groups -OCH3 is 1. The highest BCUT2D eigenvalue weighted by Gasteiger charge is 2.22. The molecule has 1 rings (SSSR count). The van der Waals surface area contributed by atoms with Crippen LogP contribution in [0.3, 0.4) is 0 Å². The first-order valence-electron chi connectivity index (χ1n) is 5.30. The summed E-state index contributed by atoms with van der Waals surface area (Å²) in [5.74, 6) is -0.323. The van der Waals surface area contributed by atoms with Crippen LogP contribution in [0.15, 0.2) is 24.3 Å². The maximum atomic E-state index is 11.2. The molecule has 2 N–H and O–H groups in total. The average Bonchev–Trinajstić information content (AvgIpc) is 2.26. The monoisotopic (exact) mass is 221 g/mol. The van der Waals surface area contributed by atoms with Crippen molar-refractivity contribution in [2.24, 2.45) is 11.1 Å². The zero-order valence-corrected chi connectivity index (χ0v) is 10.3. The number of nitrogens with two attached hydrogens (primary N) is 1. The smallest absolute Gasteiger partial charge is 0.337 e. The lowest BCUT2D eigenvalue weighted by molar-refractivity contribution is 0.0600. The Kier molecular flexibility index (Phi) is 3.70. The van der Waals surface area contributed by atoms with Crippen molar-refractivity contribution >= 4 is 5.97 Å². The van der Waals surface area contributed by atoms with E-state index in [0.29, 0.717) is 5.56 Å². The van der Waals surface area contributed by atoms with Crippen molar-refractivity contribution in [1.29, 1.82) is 0 Å². The van der Waals surface area contributed by atoms with E-state index in [1.54, 1.807) is 12.1 Å². The van der Waals surface area contributed by atoms with Gasteiger partial charge in [0.05, 0.1) is 12.7 Å². The van der Waals surface area contributed by atoms with E-state index in [1.807, 2.05) is 12.1 Å². The van der Waals surface area contributed by atoms with Gasteiger partial charge in [-0.25, -0.2) is 4.79 Å². The molecule has 0 aliphatic heterocycles. The van der Waals surface area contributed by atoms with Crippen LogP contribution in [0, 0.1) is 5.41 Å². The van der Waals surface area contributed by atoms with Crippen molar-refractivity contribution in [2.45, 2.75) is 26.8 Å². The molecule has 0 bridgehead atoms. The Morgan fingerprint density at radius 1 is 1.25 bits per heavy atom. The minimum atomic E-state index is -0.323. The number of carbonyl (C=O) groups is 1. The summed E-state index contributed by atoms with van der Waals surface area (Å²) in [5, 5.41) is 0. The Bertz CT molecular complexity index is 363. The Labute approximate surface area is 96.6 Å². The molecular weight excluding hydrogens is 202 g/mol. The van der Waals surface area contributed by atoms with Gasteiger partial charge in [0.15, 0.2) is 0 Å². The topological polar surface area (TPSA) is 52.3 Å². The molecular formula is C13H19NO2. The van der Waals surface area contributed by atoms with Crippen LogP contribution < -0.4 is 5.73 Å². The molecule has 3 heteroatoms. The maximum absolute atomic E-state index is 11.2. The van der Waals surface area contributed by atoms with Gasteiger partial charge in [-0.05, 0) is 23.1 Å². The first kappa shape index (κ1) is 12.7. The van der Waals surface area contributed by atoms with Crippen molar-refractivity contribution in [1.82, 2.24) is 0 Å². The third kappa shape index (κ3) is 2.83. The van der Waals surface area contributed by atoms with Crippen LogP contribution in [-0.4, -0.2) is 13.1 Å². The number of hydrogen-bond donors (Lipinski definition) is 1. The van der Waals surface area contributed by atoms with Gasteiger partial charge in [0, 0.05) is 6.04 Å². The van der Waals surface area contributed by atoms with Gasteiger partial charge in [0.1, 0.15) is 0 Å². The fourth-order valence-corrected chi connectivity index (χ4v) is 1.44. The van der Waals surface area contributed by atoms with E-state index < -0.39 is 0 Å². The molecule has 1 aromatic rings. The second-order valence-electron chi connectivity index (χ2n) is 4.96. The third-order valence-electron chi connectivity index (χ3n) is 2.62. The quantitative estimate of drug-likeness (QED) is 0.781. The molecule has 0 spiro atoms. The van der Waals surface area contributed by atoms with Crippen LogP contribution in [0.5, 0.6) is 0 Å². The number of hydrogen-bond acceptors (Lipinski definition) is 3. The number of rotatable bonds is 2. The first-order valence-corrected chi connectivity index (χ1v) is 5.30. The molecule has 0 unspecified atom stereocenters. The molecule has 1 aromatic carbocycles. The molecule has 88 valence electrons.